The number of hydrogen-bond acceptors (Lipinski definition) is 3. The molecule has 0 radical (unpaired) electrons. The average molecular weight is 897 g/mol. The average Bonchev–Trinajstić information content (AvgIpc) is 3.64. The van der Waals surface area contributed by atoms with Crippen LogP contribution in [0.5, 0.6) is 0 Å². The van der Waals surface area contributed by atoms with E-state index in [-0.39, 0.29) is 39.2 Å². The SMILES string of the molecule is Cc1cc2c3c(c1)N(c1ccc4c(c1)C(C)(C)CCC4(C)C)c1c(oc4cc5c(cc14)C(C)(C)CCC5(C)C)B3c1cc(C(C)(C)C)ccc1N2c1ccc(C(C)(C)C)cc1-c1ccccc1C. The molecular weight excluding hydrogens is 824 g/mol. The van der Waals surface area contributed by atoms with Gasteiger partial charge in [-0.2, -0.15) is 0 Å². The topological polar surface area (TPSA) is 19.6 Å². The summed E-state index contributed by atoms with van der Waals surface area (Å²) >= 11 is 0. The monoisotopic (exact) mass is 897 g/mol. The molecule has 0 saturated heterocycles. The molecule has 0 bridgehead atoms. The number of nitrogens with zero attached hydrogens (tertiary/aromatic N) is 2. The largest absolute Gasteiger partial charge is 0.468 e. The summed E-state index contributed by atoms with van der Waals surface area (Å²) in [4.78, 5) is 5.25. The van der Waals surface area contributed by atoms with E-state index in [0.29, 0.717) is 0 Å². The van der Waals surface area contributed by atoms with Crippen molar-refractivity contribution in [3.63, 3.8) is 0 Å². The van der Waals surface area contributed by atoms with Gasteiger partial charge in [-0.15, -0.1) is 0 Å². The Morgan fingerprint density at radius 1 is 0.500 bits per heavy atom. The molecule has 4 heteroatoms. The van der Waals surface area contributed by atoms with E-state index in [1.165, 1.54) is 112 Å². The van der Waals surface area contributed by atoms with Crippen LogP contribution in [0.4, 0.5) is 34.1 Å². The zero-order chi connectivity index (χ0) is 48.4. The van der Waals surface area contributed by atoms with E-state index in [9.17, 15) is 0 Å². The van der Waals surface area contributed by atoms with Gasteiger partial charge in [0, 0.05) is 33.7 Å². The highest BCUT2D eigenvalue weighted by Gasteiger charge is 2.49. The van der Waals surface area contributed by atoms with Gasteiger partial charge in [0.1, 0.15) is 5.58 Å². The lowest BCUT2D eigenvalue weighted by molar-refractivity contribution is 0.332. The number of hydrogen-bond donors (Lipinski definition) is 0. The van der Waals surface area contributed by atoms with Crippen LogP contribution in [0.3, 0.4) is 0 Å². The van der Waals surface area contributed by atoms with Crippen LogP contribution in [-0.2, 0) is 32.5 Å². The molecule has 7 aromatic rings. The van der Waals surface area contributed by atoms with E-state index in [2.05, 4.69) is 224 Å². The molecule has 0 unspecified atom stereocenters. The van der Waals surface area contributed by atoms with Gasteiger partial charge in [-0.25, -0.2) is 0 Å². The number of anilines is 6. The Balaban J connectivity index is 1.28. The lowest BCUT2D eigenvalue weighted by Gasteiger charge is -2.45. The first-order valence-electron chi connectivity index (χ1n) is 25.6. The highest BCUT2D eigenvalue weighted by atomic mass is 16.3. The summed E-state index contributed by atoms with van der Waals surface area (Å²) in [7, 11) is 0. The molecule has 0 fully saturated rings. The zero-order valence-corrected chi connectivity index (χ0v) is 44.0. The van der Waals surface area contributed by atoms with Gasteiger partial charge in [0.05, 0.1) is 17.0 Å². The Bertz CT molecular complexity index is 3250. The smallest absolute Gasteiger partial charge is 0.297 e. The lowest BCUT2D eigenvalue weighted by Crippen LogP contribution is -2.61. The Kier molecular flexibility index (Phi) is 9.62. The third-order valence-electron chi connectivity index (χ3n) is 17.3. The van der Waals surface area contributed by atoms with Crippen molar-refractivity contribution in [3.05, 3.63) is 148 Å². The summed E-state index contributed by atoms with van der Waals surface area (Å²) in [6.07, 6.45) is 4.66. The van der Waals surface area contributed by atoms with Crippen LogP contribution in [0.2, 0.25) is 0 Å². The maximum absolute atomic E-state index is 7.66. The molecule has 3 heterocycles. The first kappa shape index (κ1) is 45.0. The van der Waals surface area contributed by atoms with Crippen molar-refractivity contribution < 1.29 is 4.42 Å². The molecule has 4 aliphatic rings. The predicted molar refractivity (Wildman–Crippen MR) is 293 cm³/mol. The molecule has 2 aliphatic heterocycles. The molecule has 2 aliphatic carbocycles. The minimum absolute atomic E-state index is 0.0223. The zero-order valence-electron chi connectivity index (χ0n) is 44.0. The van der Waals surface area contributed by atoms with Crippen LogP contribution in [0.25, 0.3) is 22.1 Å². The maximum Gasteiger partial charge on any atom is 0.297 e. The molecule has 0 N–H and O–H groups in total. The van der Waals surface area contributed by atoms with E-state index in [0.717, 1.165) is 30.5 Å². The molecule has 348 valence electrons. The second kappa shape index (κ2) is 14.5. The van der Waals surface area contributed by atoms with Gasteiger partial charge in [-0.3, -0.25) is 0 Å². The van der Waals surface area contributed by atoms with Crippen LogP contribution >= 0.6 is 0 Å². The highest BCUT2D eigenvalue weighted by molar-refractivity contribution is 7.00. The van der Waals surface area contributed by atoms with Crippen LogP contribution in [0, 0.1) is 13.8 Å². The fourth-order valence-electron chi connectivity index (χ4n) is 12.7. The Hall–Kier alpha value is -5.48. The highest BCUT2D eigenvalue weighted by Crippen LogP contribution is 2.54. The summed E-state index contributed by atoms with van der Waals surface area (Å²) in [5, 5.41) is 1.21. The Labute approximate surface area is 408 Å². The number of fused-ring (bicyclic) bond motifs is 8. The first-order chi connectivity index (χ1) is 31.8. The van der Waals surface area contributed by atoms with E-state index in [1.807, 2.05) is 0 Å². The molecule has 3 nitrogen and oxygen atoms in total. The number of furan rings is 1. The van der Waals surface area contributed by atoms with Gasteiger partial charge in [0.15, 0.2) is 0 Å². The summed E-state index contributed by atoms with van der Waals surface area (Å²) in [5.41, 5.74) is 25.6. The van der Waals surface area contributed by atoms with Gasteiger partial charge in [0.2, 0.25) is 0 Å². The normalized spacial score (nSPS) is 18.4. The van der Waals surface area contributed by atoms with E-state index in [4.69, 9.17) is 4.42 Å². The second-order valence-electron chi connectivity index (χ2n) is 26.1. The van der Waals surface area contributed by atoms with Crippen LogP contribution < -0.4 is 26.4 Å². The fraction of sp³-hybridized carbons (Fsp3) is 0.406. The van der Waals surface area contributed by atoms with Crippen molar-refractivity contribution in [2.75, 3.05) is 9.80 Å². The Morgan fingerprint density at radius 2 is 1.04 bits per heavy atom. The van der Waals surface area contributed by atoms with Crippen molar-refractivity contribution in [2.24, 2.45) is 0 Å². The minimum atomic E-state index is -0.130. The van der Waals surface area contributed by atoms with Crippen molar-refractivity contribution in [3.8, 4) is 11.1 Å². The molecule has 68 heavy (non-hydrogen) atoms. The van der Waals surface area contributed by atoms with Crippen molar-refractivity contribution in [2.45, 2.75) is 169 Å². The fourth-order valence-corrected chi connectivity index (χ4v) is 12.7. The van der Waals surface area contributed by atoms with E-state index in [1.54, 1.807) is 0 Å². The summed E-state index contributed by atoms with van der Waals surface area (Å²) in [6.45, 7) is 38.0. The molecule has 6 aromatic carbocycles. The van der Waals surface area contributed by atoms with Crippen molar-refractivity contribution >= 4 is 68.4 Å². The van der Waals surface area contributed by atoms with Gasteiger partial charge in [0.25, 0.3) is 6.71 Å². The third-order valence-corrected chi connectivity index (χ3v) is 17.3. The summed E-state index contributed by atoms with van der Waals surface area (Å²) in [5.74, 6) is 0. The Morgan fingerprint density at radius 3 is 1.66 bits per heavy atom. The maximum atomic E-state index is 7.66. The van der Waals surface area contributed by atoms with Gasteiger partial charge in [-0.05, 0) is 188 Å². The van der Waals surface area contributed by atoms with Crippen LogP contribution in [-0.4, -0.2) is 6.71 Å². The van der Waals surface area contributed by atoms with Crippen molar-refractivity contribution in [1.82, 2.24) is 0 Å². The number of benzene rings is 6. The van der Waals surface area contributed by atoms with Gasteiger partial charge < -0.3 is 14.2 Å². The lowest BCUT2D eigenvalue weighted by atomic mass is 9.35. The number of rotatable bonds is 3. The molecule has 0 spiro atoms. The van der Waals surface area contributed by atoms with E-state index >= 15 is 0 Å². The second-order valence-corrected chi connectivity index (χ2v) is 26.1. The van der Waals surface area contributed by atoms with Gasteiger partial charge >= 0.3 is 0 Å². The first-order valence-corrected chi connectivity index (χ1v) is 25.6. The van der Waals surface area contributed by atoms with E-state index < -0.39 is 0 Å². The van der Waals surface area contributed by atoms with Crippen LogP contribution in [0.1, 0.15) is 167 Å². The minimum Gasteiger partial charge on any atom is -0.468 e. The molecule has 1 aromatic heterocycles. The van der Waals surface area contributed by atoms with Crippen LogP contribution in [0.15, 0.2) is 108 Å². The standard InChI is InChI=1S/C64H73BN2O/c1-38-31-53-56-54(32-38)67(51-25-21-40(59(3,4)5)33-44(51)43-20-18-17-19-39(43)2)52-26-22-41(60(6,7)8)34-50(52)65(56)58-57(45-36-48-49(37-55(45)68-58)64(15,16)30-29-63(48,13)14)66(53)42-23-24-46-47(35-42)62(11,12)28-27-61(46,9)10/h17-26,31-37H,27-30H2,1-16H3. The van der Waals surface area contributed by atoms with Gasteiger partial charge in [-0.1, -0.05) is 145 Å². The summed E-state index contributed by atoms with van der Waals surface area (Å²) < 4.78 is 7.66. The molecule has 11 rings (SSSR count). The summed E-state index contributed by atoms with van der Waals surface area (Å²) in [6, 6.07) is 40.9. The molecule has 0 amide bonds. The third kappa shape index (κ3) is 6.73. The molecule has 0 atom stereocenters. The van der Waals surface area contributed by atoms with Crippen molar-refractivity contribution in [1.29, 1.82) is 0 Å². The molecular formula is C64H73BN2O. The predicted octanol–water partition coefficient (Wildman–Crippen LogP) is 16.1. The molecule has 0 saturated carbocycles. The number of aryl methyl sites for hydroxylation is 2. The quantitative estimate of drug-likeness (QED) is 0.165.